The van der Waals surface area contributed by atoms with E-state index in [2.05, 4.69) is 10.3 Å². The van der Waals surface area contributed by atoms with Gasteiger partial charge in [-0.1, -0.05) is 23.5 Å². The molecular formula is C18H21N5O3S. The number of benzene rings is 1. The van der Waals surface area contributed by atoms with Crippen LogP contribution in [-0.2, 0) is 9.59 Å². The van der Waals surface area contributed by atoms with Crippen LogP contribution >= 0.6 is 11.3 Å². The SMILES string of the molecule is CN1CCN(CCNC(=O)C2CC(=O)N(c3nc4ccccc4s3)C2)C1=O. The van der Waals surface area contributed by atoms with Crippen molar-refractivity contribution in [1.29, 1.82) is 0 Å². The smallest absolute Gasteiger partial charge is 0.319 e. The van der Waals surface area contributed by atoms with Crippen LogP contribution < -0.4 is 10.2 Å². The van der Waals surface area contributed by atoms with Gasteiger partial charge in [-0.2, -0.15) is 0 Å². The number of nitrogens with zero attached hydrogens (tertiary/aromatic N) is 4. The highest BCUT2D eigenvalue weighted by atomic mass is 32.1. The van der Waals surface area contributed by atoms with E-state index in [9.17, 15) is 14.4 Å². The molecule has 1 atom stereocenters. The molecule has 0 spiro atoms. The van der Waals surface area contributed by atoms with Gasteiger partial charge < -0.3 is 15.1 Å². The Kier molecular flexibility index (Phi) is 4.69. The second-order valence-corrected chi connectivity index (χ2v) is 7.86. The van der Waals surface area contributed by atoms with E-state index in [0.29, 0.717) is 37.9 Å². The largest absolute Gasteiger partial charge is 0.354 e. The molecule has 3 heterocycles. The number of rotatable bonds is 5. The molecule has 1 aromatic heterocycles. The standard InChI is InChI=1S/C18H21N5O3S/c1-21-8-9-22(18(21)26)7-6-19-16(25)12-10-15(24)23(11-12)17-20-13-4-2-3-5-14(13)27-17/h2-5,12H,6-11H2,1H3,(H,19,25). The number of nitrogens with one attached hydrogen (secondary N) is 1. The number of amides is 4. The second kappa shape index (κ2) is 7.15. The van der Waals surface area contributed by atoms with Gasteiger partial charge in [0.2, 0.25) is 11.8 Å². The molecule has 2 aromatic rings. The first kappa shape index (κ1) is 17.7. The van der Waals surface area contributed by atoms with E-state index in [1.807, 2.05) is 24.3 Å². The molecule has 4 rings (SSSR count). The molecule has 9 heteroatoms. The molecule has 0 aliphatic carbocycles. The predicted octanol–water partition coefficient (Wildman–Crippen LogP) is 1.13. The summed E-state index contributed by atoms with van der Waals surface area (Å²) in [4.78, 5) is 46.2. The Morgan fingerprint density at radius 2 is 2.11 bits per heavy atom. The number of urea groups is 1. The summed E-state index contributed by atoms with van der Waals surface area (Å²) in [5, 5.41) is 3.50. The lowest BCUT2D eigenvalue weighted by Gasteiger charge is -2.17. The highest BCUT2D eigenvalue weighted by Gasteiger charge is 2.36. The number of hydrogen-bond acceptors (Lipinski definition) is 5. The Labute approximate surface area is 160 Å². The lowest BCUT2D eigenvalue weighted by molar-refractivity contribution is -0.126. The number of anilines is 1. The normalized spacial score (nSPS) is 20.2. The molecule has 0 radical (unpaired) electrons. The van der Waals surface area contributed by atoms with Crippen LogP contribution in [0.4, 0.5) is 9.93 Å². The zero-order valence-electron chi connectivity index (χ0n) is 15.1. The molecule has 1 N–H and O–H groups in total. The molecule has 142 valence electrons. The summed E-state index contributed by atoms with van der Waals surface area (Å²) < 4.78 is 1.02. The highest BCUT2D eigenvalue weighted by Crippen LogP contribution is 2.32. The van der Waals surface area contributed by atoms with Crippen LogP contribution in [0.15, 0.2) is 24.3 Å². The molecule has 0 saturated carbocycles. The fraction of sp³-hybridized carbons (Fsp3) is 0.444. The van der Waals surface area contributed by atoms with Crippen LogP contribution in [0.2, 0.25) is 0 Å². The van der Waals surface area contributed by atoms with Crippen LogP contribution in [-0.4, -0.2) is 72.4 Å². The van der Waals surface area contributed by atoms with Crippen molar-refractivity contribution in [3.8, 4) is 0 Å². The molecule has 2 aliphatic rings. The average Bonchev–Trinajstić information content (AvgIpc) is 3.34. The molecule has 0 bridgehead atoms. The van der Waals surface area contributed by atoms with Gasteiger partial charge in [-0.3, -0.25) is 14.5 Å². The van der Waals surface area contributed by atoms with Crippen LogP contribution in [0.3, 0.4) is 0 Å². The Morgan fingerprint density at radius 3 is 2.85 bits per heavy atom. The second-order valence-electron chi connectivity index (χ2n) is 6.85. The van der Waals surface area contributed by atoms with Gasteiger partial charge in [0, 0.05) is 46.2 Å². The maximum Gasteiger partial charge on any atom is 0.319 e. The van der Waals surface area contributed by atoms with Gasteiger partial charge in [-0.05, 0) is 12.1 Å². The number of carbonyl (C=O) groups is 3. The Bertz CT molecular complexity index is 865. The van der Waals surface area contributed by atoms with Gasteiger partial charge in [0.25, 0.3) is 0 Å². The number of thiazole rings is 1. The Balaban J connectivity index is 1.33. The fourth-order valence-electron chi connectivity index (χ4n) is 3.41. The topological polar surface area (TPSA) is 85.8 Å². The maximum absolute atomic E-state index is 12.4. The van der Waals surface area contributed by atoms with Crippen molar-refractivity contribution in [2.24, 2.45) is 5.92 Å². The molecule has 1 aromatic carbocycles. The van der Waals surface area contributed by atoms with Crippen molar-refractivity contribution in [2.75, 3.05) is 44.7 Å². The molecule has 4 amide bonds. The lowest BCUT2D eigenvalue weighted by atomic mass is 10.1. The van der Waals surface area contributed by atoms with Gasteiger partial charge in [-0.15, -0.1) is 0 Å². The van der Waals surface area contributed by atoms with Crippen molar-refractivity contribution < 1.29 is 14.4 Å². The fourth-order valence-corrected chi connectivity index (χ4v) is 4.40. The minimum Gasteiger partial charge on any atom is -0.354 e. The first-order valence-corrected chi connectivity index (χ1v) is 9.78. The third-order valence-electron chi connectivity index (χ3n) is 4.99. The van der Waals surface area contributed by atoms with Gasteiger partial charge in [0.1, 0.15) is 0 Å². The zero-order chi connectivity index (χ0) is 19.0. The molecule has 27 heavy (non-hydrogen) atoms. The maximum atomic E-state index is 12.4. The summed E-state index contributed by atoms with van der Waals surface area (Å²) in [5.41, 5.74) is 0.860. The molecule has 8 nitrogen and oxygen atoms in total. The third-order valence-corrected chi connectivity index (χ3v) is 6.05. The van der Waals surface area contributed by atoms with Crippen molar-refractivity contribution in [3.05, 3.63) is 24.3 Å². The number of likely N-dealkylation sites (N-methyl/N-ethyl adjacent to an activating group) is 1. The summed E-state index contributed by atoms with van der Waals surface area (Å²) in [7, 11) is 1.77. The van der Waals surface area contributed by atoms with Crippen LogP contribution in [0.25, 0.3) is 10.2 Å². The molecule has 1 unspecified atom stereocenters. The molecule has 2 saturated heterocycles. The number of fused-ring (bicyclic) bond motifs is 1. The lowest BCUT2D eigenvalue weighted by Crippen LogP contribution is -2.39. The van der Waals surface area contributed by atoms with E-state index in [4.69, 9.17) is 0 Å². The van der Waals surface area contributed by atoms with E-state index in [1.54, 1.807) is 21.7 Å². The van der Waals surface area contributed by atoms with E-state index in [0.717, 1.165) is 10.2 Å². The molecule has 2 aliphatic heterocycles. The average molecular weight is 387 g/mol. The van der Waals surface area contributed by atoms with E-state index < -0.39 is 0 Å². The van der Waals surface area contributed by atoms with Gasteiger partial charge in [0.15, 0.2) is 5.13 Å². The Hall–Kier alpha value is -2.68. The number of carbonyl (C=O) groups excluding carboxylic acids is 3. The molecule has 2 fully saturated rings. The quantitative estimate of drug-likeness (QED) is 0.833. The number of hydrogen-bond donors (Lipinski definition) is 1. The first-order chi connectivity index (χ1) is 13.0. The summed E-state index contributed by atoms with van der Waals surface area (Å²) >= 11 is 1.46. The number of aromatic nitrogens is 1. The van der Waals surface area contributed by atoms with Crippen molar-refractivity contribution in [3.63, 3.8) is 0 Å². The van der Waals surface area contributed by atoms with E-state index >= 15 is 0 Å². The van der Waals surface area contributed by atoms with Gasteiger partial charge in [0.05, 0.1) is 16.1 Å². The van der Waals surface area contributed by atoms with Crippen LogP contribution in [0, 0.1) is 5.92 Å². The zero-order valence-corrected chi connectivity index (χ0v) is 15.9. The monoisotopic (exact) mass is 387 g/mol. The van der Waals surface area contributed by atoms with Crippen molar-refractivity contribution in [2.45, 2.75) is 6.42 Å². The third kappa shape index (κ3) is 3.46. The van der Waals surface area contributed by atoms with E-state index in [1.165, 1.54) is 11.3 Å². The Morgan fingerprint density at radius 1 is 1.30 bits per heavy atom. The van der Waals surface area contributed by atoms with Crippen LogP contribution in [0.5, 0.6) is 0 Å². The summed E-state index contributed by atoms with van der Waals surface area (Å²) in [6.45, 7) is 2.61. The first-order valence-electron chi connectivity index (χ1n) is 8.96. The van der Waals surface area contributed by atoms with E-state index in [-0.39, 0.29) is 30.2 Å². The highest BCUT2D eigenvalue weighted by molar-refractivity contribution is 7.22. The summed E-state index contributed by atoms with van der Waals surface area (Å²) in [6, 6.07) is 7.73. The predicted molar refractivity (Wildman–Crippen MR) is 103 cm³/mol. The van der Waals surface area contributed by atoms with Crippen molar-refractivity contribution >= 4 is 44.5 Å². The molecular weight excluding hydrogens is 366 g/mol. The minimum atomic E-state index is -0.388. The van der Waals surface area contributed by atoms with Gasteiger partial charge >= 0.3 is 6.03 Å². The summed E-state index contributed by atoms with van der Waals surface area (Å²) in [6.07, 6.45) is 0.188. The van der Waals surface area contributed by atoms with Gasteiger partial charge in [-0.25, -0.2) is 9.78 Å². The van der Waals surface area contributed by atoms with Crippen molar-refractivity contribution in [1.82, 2.24) is 20.1 Å². The minimum absolute atomic E-state index is 0.0118. The number of para-hydroxylation sites is 1. The van der Waals surface area contributed by atoms with Crippen LogP contribution in [0.1, 0.15) is 6.42 Å². The summed E-state index contributed by atoms with van der Waals surface area (Å²) in [5.74, 6) is -0.612.